The third-order valence-electron chi connectivity index (χ3n) is 3.11. The lowest BCUT2D eigenvalue weighted by Gasteiger charge is -2.18. The van der Waals surface area contributed by atoms with Gasteiger partial charge in [0.2, 0.25) is 0 Å². The lowest BCUT2D eigenvalue weighted by Crippen LogP contribution is -2.24. The number of nitrogens with zero attached hydrogens (tertiary/aromatic N) is 2. The van der Waals surface area contributed by atoms with Crippen LogP contribution in [0.25, 0.3) is 10.9 Å². The van der Waals surface area contributed by atoms with E-state index in [1.807, 2.05) is 32.0 Å². The van der Waals surface area contributed by atoms with Crippen molar-refractivity contribution in [2.24, 2.45) is 0 Å². The Morgan fingerprint density at radius 1 is 1.30 bits per heavy atom. The van der Waals surface area contributed by atoms with Crippen LogP contribution in [0.1, 0.15) is 19.4 Å². The fraction of sp³-hybridized carbons (Fsp3) is 0.438. The quantitative estimate of drug-likeness (QED) is 0.758. The van der Waals surface area contributed by atoms with Crippen molar-refractivity contribution in [3.05, 3.63) is 41.0 Å². The molecule has 1 heterocycles. The molecule has 0 bridgehead atoms. The number of ether oxygens (including phenoxy) is 1. The van der Waals surface area contributed by atoms with Crippen molar-refractivity contribution >= 4 is 22.5 Å². The summed E-state index contributed by atoms with van der Waals surface area (Å²) >= 11 is 6.26. The van der Waals surface area contributed by atoms with Gasteiger partial charge in [-0.1, -0.05) is 29.8 Å². The summed E-state index contributed by atoms with van der Waals surface area (Å²) in [4.78, 5) is 6.64. The van der Waals surface area contributed by atoms with Gasteiger partial charge in [-0.15, -0.1) is 0 Å². The average molecular weight is 293 g/mol. The van der Waals surface area contributed by atoms with Crippen LogP contribution in [0.15, 0.2) is 30.3 Å². The van der Waals surface area contributed by atoms with Gasteiger partial charge in [-0.3, -0.25) is 4.90 Å². The Bertz CT molecular complexity index is 571. The van der Waals surface area contributed by atoms with Crippen molar-refractivity contribution in [2.75, 3.05) is 20.2 Å². The molecule has 0 aliphatic carbocycles. The van der Waals surface area contributed by atoms with Gasteiger partial charge in [0.15, 0.2) is 0 Å². The molecule has 0 spiro atoms. The number of para-hydroxylation sites is 1. The van der Waals surface area contributed by atoms with Crippen molar-refractivity contribution in [1.82, 2.24) is 9.88 Å². The van der Waals surface area contributed by atoms with Crippen LogP contribution in [0, 0.1) is 0 Å². The Hall–Kier alpha value is -1.16. The number of benzene rings is 1. The monoisotopic (exact) mass is 292 g/mol. The number of aromatic nitrogens is 1. The highest BCUT2D eigenvalue weighted by atomic mass is 35.5. The minimum Gasteiger partial charge on any atom is -0.377 e. The summed E-state index contributed by atoms with van der Waals surface area (Å²) in [7, 11) is 2.06. The molecule has 108 valence electrons. The molecule has 0 N–H and O–H groups in total. The van der Waals surface area contributed by atoms with Gasteiger partial charge in [0, 0.05) is 24.0 Å². The van der Waals surface area contributed by atoms with E-state index in [2.05, 4.69) is 29.1 Å². The molecule has 20 heavy (non-hydrogen) atoms. The molecule has 0 saturated carbocycles. The number of pyridine rings is 1. The van der Waals surface area contributed by atoms with Gasteiger partial charge in [0.25, 0.3) is 0 Å². The van der Waals surface area contributed by atoms with E-state index in [4.69, 9.17) is 16.3 Å². The van der Waals surface area contributed by atoms with Crippen LogP contribution in [-0.4, -0.2) is 36.2 Å². The molecule has 0 saturated heterocycles. The van der Waals surface area contributed by atoms with E-state index in [0.29, 0.717) is 5.15 Å². The molecule has 2 aromatic rings. The SMILES string of the molecule is CC(C)OCCN(C)Cc1cc2ccccc2nc1Cl. The summed E-state index contributed by atoms with van der Waals surface area (Å²) in [6.45, 7) is 6.47. The molecule has 3 nitrogen and oxygen atoms in total. The lowest BCUT2D eigenvalue weighted by molar-refractivity contribution is 0.0627. The summed E-state index contributed by atoms with van der Waals surface area (Å²) in [5.74, 6) is 0. The first kappa shape index (κ1) is 15.2. The Balaban J connectivity index is 2.03. The van der Waals surface area contributed by atoms with Crippen LogP contribution < -0.4 is 0 Å². The zero-order chi connectivity index (χ0) is 14.5. The summed E-state index contributed by atoms with van der Waals surface area (Å²) in [6, 6.07) is 10.1. The number of halogens is 1. The summed E-state index contributed by atoms with van der Waals surface area (Å²) in [6.07, 6.45) is 0.273. The normalized spacial score (nSPS) is 11.7. The maximum absolute atomic E-state index is 6.26. The second-order valence-corrected chi connectivity index (χ2v) is 5.65. The smallest absolute Gasteiger partial charge is 0.134 e. The first-order chi connectivity index (χ1) is 9.56. The first-order valence-electron chi connectivity index (χ1n) is 6.90. The standard InChI is InChI=1S/C16H21ClN2O/c1-12(2)20-9-8-19(3)11-14-10-13-6-4-5-7-15(13)18-16(14)17/h4-7,10,12H,8-9,11H2,1-3H3. The Kier molecular flexibility index (Phi) is 5.35. The van der Waals surface area contributed by atoms with Gasteiger partial charge in [-0.05, 0) is 33.0 Å². The molecule has 0 aliphatic rings. The van der Waals surface area contributed by atoms with Crippen LogP contribution in [0.2, 0.25) is 5.15 Å². The average Bonchev–Trinajstić information content (AvgIpc) is 2.39. The number of likely N-dealkylation sites (N-methyl/N-ethyl adjacent to an activating group) is 1. The molecule has 0 radical (unpaired) electrons. The van der Waals surface area contributed by atoms with Gasteiger partial charge in [0.1, 0.15) is 5.15 Å². The van der Waals surface area contributed by atoms with Crippen LogP contribution in [0.3, 0.4) is 0 Å². The van der Waals surface area contributed by atoms with Crippen LogP contribution in [0.4, 0.5) is 0 Å². The third-order valence-corrected chi connectivity index (χ3v) is 3.44. The molecule has 1 aromatic heterocycles. The van der Waals surface area contributed by atoms with E-state index in [0.717, 1.165) is 36.2 Å². The van der Waals surface area contributed by atoms with Gasteiger partial charge >= 0.3 is 0 Å². The zero-order valence-corrected chi connectivity index (χ0v) is 13.0. The summed E-state index contributed by atoms with van der Waals surface area (Å²) < 4.78 is 5.56. The van der Waals surface area contributed by atoms with E-state index < -0.39 is 0 Å². The number of hydrogen-bond donors (Lipinski definition) is 0. The van der Waals surface area contributed by atoms with Crippen LogP contribution >= 0.6 is 11.6 Å². The highest BCUT2D eigenvalue weighted by molar-refractivity contribution is 6.30. The van der Waals surface area contributed by atoms with Crippen molar-refractivity contribution in [3.63, 3.8) is 0 Å². The van der Waals surface area contributed by atoms with Crippen LogP contribution in [0.5, 0.6) is 0 Å². The highest BCUT2D eigenvalue weighted by Crippen LogP contribution is 2.21. The molecule has 0 unspecified atom stereocenters. The van der Waals surface area contributed by atoms with Crippen molar-refractivity contribution in [2.45, 2.75) is 26.5 Å². The fourth-order valence-corrected chi connectivity index (χ4v) is 2.27. The third kappa shape index (κ3) is 4.17. The second kappa shape index (κ2) is 7.02. The van der Waals surface area contributed by atoms with Crippen molar-refractivity contribution < 1.29 is 4.74 Å². The van der Waals surface area contributed by atoms with Gasteiger partial charge in [0.05, 0.1) is 18.2 Å². The highest BCUT2D eigenvalue weighted by Gasteiger charge is 2.08. The van der Waals surface area contributed by atoms with E-state index in [-0.39, 0.29) is 6.10 Å². The van der Waals surface area contributed by atoms with E-state index in [1.54, 1.807) is 0 Å². The molecule has 1 aromatic carbocycles. The fourth-order valence-electron chi connectivity index (χ4n) is 2.06. The van der Waals surface area contributed by atoms with Gasteiger partial charge < -0.3 is 4.74 Å². The van der Waals surface area contributed by atoms with Crippen LogP contribution in [-0.2, 0) is 11.3 Å². The second-order valence-electron chi connectivity index (χ2n) is 5.29. The maximum atomic E-state index is 6.26. The lowest BCUT2D eigenvalue weighted by atomic mass is 10.1. The van der Waals surface area contributed by atoms with Gasteiger partial charge in [-0.25, -0.2) is 4.98 Å². The number of rotatable bonds is 6. The number of hydrogen-bond acceptors (Lipinski definition) is 3. The minimum absolute atomic E-state index is 0.273. The Morgan fingerprint density at radius 3 is 2.80 bits per heavy atom. The van der Waals surface area contributed by atoms with Crippen molar-refractivity contribution in [1.29, 1.82) is 0 Å². The van der Waals surface area contributed by atoms with Gasteiger partial charge in [-0.2, -0.15) is 0 Å². The predicted molar refractivity (Wildman–Crippen MR) is 84.2 cm³/mol. The largest absolute Gasteiger partial charge is 0.377 e. The molecular formula is C16H21ClN2O. The van der Waals surface area contributed by atoms with E-state index in [9.17, 15) is 0 Å². The molecule has 4 heteroatoms. The zero-order valence-electron chi connectivity index (χ0n) is 12.3. The summed E-state index contributed by atoms with van der Waals surface area (Å²) in [5, 5.41) is 1.71. The molecular weight excluding hydrogens is 272 g/mol. The maximum Gasteiger partial charge on any atom is 0.134 e. The van der Waals surface area contributed by atoms with E-state index in [1.165, 1.54) is 0 Å². The van der Waals surface area contributed by atoms with E-state index >= 15 is 0 Å². The first-order valence-corrected chi connectivity index (χ1v) is 7.28. The molecule has 0 fully saturated rings. The Labute approximate surface area is 125 Å². The predicted octanol–water partition coefficient (Wildman–Crippen LogP) is 3.75. The Morgan fingerprint density at radius 2 is 2.05 bits per heavy atom. The molecule has 0 aliphatic heterocycles. The summed E-state index contributed by atoms with van der Waals surface area (Å²) in [5.41, 5.74) is 1.99. The van der Waals surface area contributed by atoms with Crippen molar-refractivity contribution in [3.8, 4) is 0 Å². The number of fused-ring (bicyclic) bond motifs is 1. The molecule has 0 atom stereocenters. The molecule has 2 rings (SSSR count). The molecule has 0 amide bonds. The topological polar surface area (TPSA) is 25.4 Å². The minimum atomic E-state index is 0.273.